The number of nitrogens with one attached hydrogen (secondary N) is 2. The first-order chi connectivity index (χ1) is 21.7. The minimum Gasteiger partial charge on any atom is -0.357 e. The van der Waals surface area contributed by atoms with Gasteiger partial charge in [0.1, 0.15) is 6.04 Å². The van der Waals surface area contributed by atoms with Crippen LogP contribution >= 0.6 is 0 Å². The summed E-state index contributed by atoms with van der Waals surface area (Å²) in [6, 6.07) is -0.462. The normalized spacial score (nSPS) is 12.7. The molecule has 0 heterocycles. The van der Waals surface area contributed by atoms with Gasteiger partial charge in [0.2, 0.25) is 11.8 Å². The molecule has 1 unspecified atom stereocenters. The summed E-state index contributed by atoms with van der Waals surface area (Å²) < 4.78 is 0. The van der Waals surface area contributed by atoms with Crippen molar-refractivity contribution in [2.24, 2.45) is 0 Å². The number of hydrogen-bond acceptors (Lipinski definition) is 2. The van der Waals surface area contributed by atoms with E-state index in [4.69, 9.17) is 0 Å². The molecule has 0 fully saturated rings. The van der Waals surface area contributed by atoms with Crippen molar-refractivity contribution in [2.75, 3.05) is 13.1 Å². The summed E-state index contributed by atoms with van der Waals surface area (Å²) in [5, 5.41) is 5.99. The molecule has 0 rings (SSSR count). The second-order valence-corrected chi connectivity index (χ2v) is 12.3. The third-order valence-electron chi connectivity index (χ3n) is 7.93. The molecule has 0 saturated heterocycles. The number of carbonyl (C=O) groups is 2. The Labute approximate surface area is 273 Å². The van der Waals surface area contributed by atoms with Crippen LogP contribution in [-0.2, 0) is 9.59 Å². The zero-order valence-corrected chi connectivity index (χ0v) is 29.1. The predicted octanol–water partition coefficient (Wildman–Crippen LogP) is 9.46. The Bertz CT molecular complexity index is 756. The molecule has 5 nitrogen and oxygen atoms in total. The maximum atomic E-state index is 12.7. The van der Waals surface area contributed by atoms with Crippen LogP contribution in [0.5, 0.6) is 0 Å². The van der Waals surface area contributed by atoms with E-state index in [0.717, 1.165) is 57.8 Å². The van der Waals surface area contributed by atoms with Gasteiger partial charge in [0, 0.05) is 19.4 Å². The molecule has 0 aromatic rings. The number of carbonyl (C=O) groups excluding carboxylic acids is 2. The maximum absolute atomic E-state index is 12.7. The van der Waals surface area contributed by atoms with Gasteiger partial charge in [-0.3, -0.25) is 9.59 Å². The molecule has 0 radical (unpaired) electrons. The van der Waals surface area contributed by atoms with Crippen LogP contribution in [0, 0.1) is 0 Å². The molecule has 0 aromatic carbocycles. The molecule has 0 aliphatic rings. The highest BCUT2D eigenvalue weighted by Crippen LogP contribution is 2.09. The monoisotopic (exact) mass is 615 g/mol. The number of unbranched alkanes of at least 4 members (excludes halogenated alkanes) is 16. The topological polar surface area (TPSA) is 85.8 Å². The van der Waals surface area contributed by atoms with E-state index >= 15 is 0 Å². The highest BCUT2D eigenvalue weighted by molar-refractivity contribution is 5.87. The molecule has 1 atom stereocenters. The Kier molecular flexibility index (Phi) is 33.6. The van der Waals surface area contributed by atoms with Gasteiger partial charge < -0.3 is 16.4 Å². The second kappa shape index (κ2) is 35.3. The lowest BCUT2D eigenvalue weighted by atomic mass is 10.1. The molecule has 44 heavy (non-hydrogen) atoms. The van der Waals surface area contributed by atoms with Gasteiger partial charge in [0.15, 0.2) is 0 Å². The van der Waals surface area contributed by atoms with Crippen molar-refractivity contribution >= 4 is 11.8 Å². The number of hydrogen-bond donors (Lipinski definition) is 3. The Morgan fingerprint density at radius 1 is 0.568 bits per heavy atom. The van der Waals surface area contributed by atoms with Crippen molar-refractivity contribution in [2.45, 2.75) is 174 Å². The van der Waals surface area contributed by atoms with Crippen LogP contribution in [0.2, 0.25) is 0 Å². The number of quaternary nitrogens is 1. The first-order valence-electron chi connectivity index (χ1n) is 18.6. The van der Waals surface area contributed by atoms with E-state index in [1.165, 1.54) is 83.5 Å². The number of amides is 2. The highest BCUT2D eigenvalue weighted by Gasteiger charge is 2.20. The van der Waals surface area contributed by atoms with Crippen molar-refractivity contribution in [3.63, 3.8) is 0 Å². The minimum atomic E-state index is -0.462. The lowest BCUT2D eigenvalue weighted by molar-refractivity contribution is -0.368. The summed E-state index contributed by atoms with van der Waals surface area (Å²) in [6.45, 7) is 5.80. The van der Waals surface area contributed by atoms with Crippen molar-refractivity contribution in [3.05, 3.63) is 48.6 Å². The van der Waals surface area contributed by atoms with E-state index < -0.39 is 6.04 Å². The Morgan fingerprint density at radius 2 is 1.00 bits per heavy atom. The fourth-order valence-electron chi connectivity index (χ4n) is 5.11. The molecule has 254 valence electrons. The van der Waals surface area contributed by atoms with Crippen molar-refractivity contribution < 1.29 is 15.3 Å². The molecule has 5 heteroatoms. The van der Waals surface area contributed by atoms with Crippen LogP contribution in [0.3, 0.4) is 0 Å². The van der Waals surface area contributed by atoms with Gasteiger partial charge in [0.05, 0.1) is 6.54 Å². The molecule has 0 aliphatic heterocycles. The molecule has 2 amide bonds. The lowest BCUT2D eigenvalue weighted by Gasteiger charge is -2.17. The van der Waals surface area contributed by atoms with Crippen LogP contribution < -0.4 is 16.4 Å². The third kappa shape index (κ3) is 31.3. The van der Waals surface area contributed by atoms with Crippen LogP contribution in [0.1, 0.15) is 168 Å². The zero-order valence-electron chi connectivity index (χ0n) is 29.1. The summed E-state index contributed by atoms with van der Waals surface area (Å²) in [5.41, 5.74) is 3.89. The van der Waals surface area contributed by atoms with Crippen LogP contribution in [-0.4, -0.2) is 30.9 Å². The number of rotatable bonds is 32. The van der Waals surface area contributed by atoms with E-state index in [2.05, 4.69) is 78.8 Å². The third-order valence-corrected chi connectivity index (χ3v) is 7.93. The largest absolute Gasteiger partial charge is 0.357 e. The molecular formula is C39H72N3O2+. The van der Waals surface area contributed by atoms with Gasteiger partial charge in [-0.25, -0.2) is 0 Å². The fraction of sp³-hybridized carbons (Fsp3) is 0.744. The molecule has 0 aromatic heterocycles. The van der Waals surface area contributed by atoms with Crippen LogP contribution in [0.4, 0.5) is 0 Å². The van der Waals surface area contributed by atoms with Gasteiger partial charge in [-0.2, -0.15) is 0 Å². The Balaban J connectivity index is 3.76. The van der Waals surface area contributed by atoms with Crippen LogP contribution in [0.25, 0.3) is 0 Å². The molecule has 5 N–H and O–H groups in total. The average Bonchev–Trinajstić information content (AvgIpc) is 3.02. The number of allylic oxidation sites excluding steroid dienone is 8. The highest BCUT2D eigenvalue weighted by atomic mass is 16.2. The summed E-state index contributed by atoms with van der Waals surface area (Å²) >= 11 is 0. The summed E-state index contributed by atoms with van der Waals surface area (Å²) in [6.07, 6.45) is 45.4. The average molecular weight is 615 g/mol. The molecule has 0 bridgehead atoms. The smallest absolute Gasteiger partial charge is 0.242 e. The summed E-state index contributed by atoms with van der Waals surface area (Å²) in [7, 11) is 0. The van der Waals surface area contributed by atoms with E-state index in [1.54, 1.807) is 0 Å². The van der Waals surface area contributed by atoms with E-state index in [9.17, 15) is 9.59 Å². The quantitative estimate of drug-likeness (QED) is 0.0521. The maximum Gasteiger partial charge on any atom is 0.242 e. The molecule has 0 spiro atoms. The lowest BCUT2D eigenvalue weighted by Crippen LogP contribution is -2.56. The first kappa shape index (κ1) is 41.9. The standard InChI is InChI=1S/C39H71N3O2/c1-3-5-7-9-11-13-15-17-19-21-23-25-27-29-31-33-38(43)42-37(34-35-40)39(44)41-36-32-30-28-26-24-22-20-18-16-14-12-10-8-6-4-2/h11-14,17-20,37H,3-10,15-16,21-36,40H2,1-2H3,(H,41,44)(H,42,43)/p+1/b13-11-,14-12-,19-17-,20-18-. The van der Waals surface area contributed by atoms with Gasteiger partial charge in [0.25, 0.3) is 0 Å². The zero-order chi connectivity index (χ0) is 32.2. The van der Waals surface area contributed by atoms with Gasteiger partial charge in [-0.05, 0) is 77.0 Å². The van der Waals surface area contributed by atoms with E-state index in [-0.39, 0.29) is 11.8 Å². The van der Waals surface area contributed by atoms with Gasteiger partial charge >= 0.3 is 0 Å². The summed E-state index contributed by atoms with van der Waals surface area (Å²) in [5.74, 6) is -0.0760. The van der Waals surface area contributed by atoms with E-state index in [1.807, 2.05) is 0 Å². The van der Waals surface area contributed by atoms with Crippen molar-refractivity contribution in [3.8, 4) is 0 Å². The fourth-order valence-corrected chi connectivity index (χ4v) is 5.11. The molecular weight excluding hydrogens is 542 g/mol. The van der Waals surface area contributed by atoms with Crippen LogP contribution in [0.15, 0.2) is 48.6 Å². The molecule has 0 aliphatic carbocycles. The molecule has 0 saturated carbocycles. The minimum absolute atomic E-state index is 0.0127. The van der Waals surface area contributed by atoms with Crippen molar-refractivity contribution in [1.82, 2.24) is 10.6 Å². The SMILES string of the molecule is CCCCC/C=C\C/C=C\CCCCCCCNC(=O)C(CC[NH3+])NC(=O)CCCCCCC/C=C\C/C=C\CCCCC. The second-order valence-electron chi connectivity index (χ2n) is 12.3. The summed E-state index contributed by atoms with van der Waals surface area (Å²) in [4.78, 5) is 25.1. The van der Waals surface area contributed by atoms with Gasteiger partial charge in [-0.1, -0.05) is 127 Å². The first-order valence-corrected chi connectivity index (χ1v) is 18.6. The Hall–Kier alpha value is -2.14. The van der Waals surface area contributed by atoms with E-state index in [0.29, 0.717) is 25.9 Å². The van der Waals surface area contributed by atoms with Crippen molar-refractivity contribution in [1.29, 1.82) is 0 Å². The van der Waals surface area contributed by atoms with Gasteiger partial charge in [-0.15, -0.1) is 0 Å². The Morgan fingerprint density at radius 3 is 1.48 bits per heavy atom. The predicted molar refractivity (Wildman–Crippen MR) is 191 cm³/mol.